The molecule has 120 valence electrons. The molecule has 0 radical (unpaired) electrons. The van der Waals surface area contributed by atoms with E-state index in [-0.39, 0.29) is 0 Å². The number of benzene rings is 2. The third kappa shape index (κ3) is 2.67. The molecule has 23 heavy (non-hydrogen) atoms. The first-order chi connectivity index (χ1) is 11.0. The molecule has 0 N–H and O–H groups in total. The Balaban J connectivity index is 2.15. The van der Waals surface area contributed by atoms with Crippen molar-refractivity contribution in [2.24, 2.45) is 0 Å². The second-order valence-electron chi connectivity index (χ2n) is 6.20. The lowest BCUT2D eigenvalue weighted by Gasteiger charge is -2.37. The van der Waals surface area contributed by atoms with Gasteiger partial charge in [-0.15, -0.1) is 0 Å². The zero-order chi connectivity index (χ0) is 16.6. The zero-order valence-corrected chi connectivity index (χ0v) is 14.3. The lowest BCUT2D eigenvalue weighted by molar-refractivity contribution is 0.168. The van der Waals surface area contributed by atoms with E-state index in [9.17, 15) is 0 Å². The minimum Gasteiger partial charge on any atom is -0.497 e. The van der Waals surface area contributed by atoms with Crippen molar-refractivity contribution in [2.45, 2.75) is 26.4 Å². The molecule has 0 unspecified atom stereocenters. The number of allylic oxidation sites excluding steroid dienone is 1. The van der Waals surface area contributed by atoms with E-state index in [0.29, 0.717) is 0 Å². The average molecular weight is 310 g/mol. The summed E-state index contributed by atoms with van der Waals surface area (Å²) in [5.41, 5.74) is 4.26. The summed E-state index contributed by atoms with van der Waals surface area (Å²) in [6, 6.07) is 14.1. The summed E-state index contributed by atoms with van der Waals surface area (Å²) in [4.78, 5) is 0. The van der Waals surface area contributed by atoms with Crippen LogP contribution in [0.2, 0.25) is 0 Å². The van der Waals surface area contributed by atoms with Gasteiger partial charge in [0.15, 0.2) is 0 Å². The molecule has 0 atom stereocenters. The van der Waals surface area contributed by atoms with Crippen LogP contribution in [0.3, 0.4) is 0 Å². The molecule has 2 aromatic rings. The summed E-state index contributed by atoms with van der Waals surface area (Å²) in [5.74, 6) is 2.52. The molecule has 3 heteroatoms. The fraction of sp³-hybridized carbons (Fsp3) is 0.300. The predicted octanol–water partition coefficient (Wildman–Crippen LogP) is 4.81. The Kier molecular flexibility index (Phi) is 3.80. The number of hydrogen-bond donors (Lipinski definition) is 0. The van der Waals surface area contributed by atoms with Gasteiger partial charge in [0.1, 0.15) is 22.8 Å². The van der Waals surface area contributed by atoms with Gasteiger partial charge in [-0.05, 0) is 56.2 Å². The summed E-state index contributed by atoms with van der Waals surface area (Å²) in [6.07, 6.45) is 0. The number of hydrogen-bond acceptors (Lipinski definition) is 3. The van der Waals surface area contributed by atoms with Crippen LogP contribution in [0.15, 0.2) is 42.5 Å². The van der Waals surface area contributed by atoms with Crippen molar-refractivity contribution in [3.63, 3.8) is 0 Å². The Bertz CT molecular complexity index is 755. The molecular weight excluding hydrogens is 288 g/mol. The van der Waals surface area contributed by atoms with Gasteiger partial charge in [0, 0.05) is 17.2 Å². The Morgan fingerprint density at radius 2 is 1.48 bits per heavy atom. The Morgan fingerprint density at radius 3 is 2.09 bits per heavy atom. The third-order valence-corrected chi connectivity index (χ3v) is 4.31. The monoisotopic (exact) mass is 310 g/mol. The van der Waals surface area contributed by atoms with Crippen molar-refractivity contribution >= 4 is 11.1 Å². The summed E-state index contributed by atoms with van der Waals surface area (Å²) in [6.45, 7) is 6.34. The number of methoxy groups -OCH3 is 2. The van der Waals surface area contributed by atoms with Crippen LogP contribution in [-0.2, 0) is 0 Å². The molecule has 0 saturated carbocycles. The highest BCUT2D eigenvalue weighted by atomic mass is 16.5. The van der Waals surface area contributed by atoms with Crippen molar-refractivity contribution in [3.8, 4) is 17.2 Å². The van der Waals surface area contributed by atoms with Crippen LogP contribution in [0.1, 0.15) is 31.9 Å². The second-order valence-corrected chi connectivity index (χ2v) is 6.20. The van der Waals surface area contributed by atoms with E-state index in [4.69, 9.17) is 14.2 Å². The standard InChI is InChI=1S/C20H22O3/c1-13-17-11-10-16(22-5)12-18(17)23-20(2,3)19(13)14-6-8-15(21-4)9-7-14/h6-12H,1-5H3. The van der Waals surface area contributed by atoms with Crippen LogP contribution in [0.5, 0.6) is 17.2 Å². The molecule has 2 aromatic carbocycles. The predicted molar refractivity (Wildman–Crippen MR) is 93.2 cm³/mol. The van der Waals surface area contributed by atoms with Crippen molar-refractivity contribution < 1.29 is 14.2 Å². The maximum atomic E-state index is 6.29. The van der Waals surface area contributed by atoms with Crippen LogP contribution >= 0.6 is 0 Å². The smallest absolute Gasteiger partial charge is 0.131 e. The van der Waals surface area contributed by atoms with Crippen molar-refractivity contribution in [1.82, 2.24) is 0 Å². The number of ether oxygens (including phenoxy) is 3. The molecule has 0 saturated heterocycles. The third-order valence-electron chi connectivity index (χ3n) is 4.31. The SMILES string of the molecule is COc1ccc(C2=C(C)c3ccc(OC)cc3OC2(C)C)cc1. The summed E-state index contributed by atoms with van der Waals surface area (Å²) < 4.78 is 16.9. The van der Waals surface area contributed by atoms with Crippen LogP contribution in [0.25, 0.3) is 11.1 Å². The molecule has 0 fully saturated rings. The van der Waals surface area contributed by atoms with Crippen LogP contribution in [0, 0.1) is 0 Å². The first-order valence-electron chi connectivity index (χ1n) is 7.69. The molecule has 1 aliphatic heterocycles. The van der Waals surface area contributed by atoms with Crippen LogP contribution in [-0.4, -0.2) is 19.8 Å². The van der Waals surface area contributed by atoms with Gasteiger partial charge in [0.2, 0.25) is 0 Å². The van der Waals surface area contributed by atoms with E-state index in [0.717, 1.165) is 28.4 Å². The van der Waals surface area contributed by atoms with Gasteiger partial charge in [-0.2, -0.15) is 0 Å². The first kappa shape index (κ1) is 15.5. The molecule has 0 aromatic heterocycles. The molecule has 0 amide bonds. The lowest BCUT2D eigenvalue weighted by atomic mass is 9.82. The van der Waals surface area contributed by atoms with Gasteiger partial charge in [-0.3, -0.25) is 0 Å². The minimum atomic E-state index is -0.419. The molecule has 0 aliphatic carbocycles. The zero-order valence-electron chi connectivity index (χ0n) is 14.3. The molecule has 1 heterocycles. The quantitative estimate of drug-likeness (QED) is 0.814. The second kappa shape index (κ2) is 5.65. The highest BCUT2D eigenvalue weighted by molar-refractivity contribution is 5.96. The van der Waals surface area contributed by atoms with Gasteiger partial charge < -0.3 is 14.2 Å². The van der Waals surface area contributed by atoms with Crippen molar-refractivity contribution in [3.05, 3.63) is 53.6 Å². The van der Waals surface area contributed by atoms with E-state index in [1.54, 1.807) is 14.2 Å². The summed E-state index contributed by atoms with van der Waals surface area (Å²) in [7, 11) is 3.35. The van der Waals surface area contributed by atoms with Gasteiger partial charge in [0.05, 0.1) is 14.2 Å². The largest absolute Gasteiger partial charge is 0.497 e. The first-order valence-corrected chi connectivity index (χ1v) is 7.69. The molecule has 1 aliphatic rings. The molecule has 0 spiro atoms. The van der Waals surface area contributed by atoms with E-state index in [2.05, 4.69) is 39.0 Å². The maximum Gasteiger partial charge on any atom is 0.131 e. The summed E-state index contributed by atoms with van der Waals surface area (Å²) in [5, 5.41) is 0. The molecule has 3 rings (SSSR count). The fourth-order valence-corrected chi connectivity index (χ4v) is 3.26. The average Bonchev–Trinajstić information content (AvgIpc) is 2.54. The maximum absolute atomic E-state index is 6.29. The topological polar surface area (TPSA) is 27.7 Å². The van der Waals surface area contributed by atoms with E-state index in [1.165, 1.54) is 11.1 Å². The van der Waals surface area contributed by atoms with E-state index in [1.807, 2.05) is 24.3 Å². The lowest BCUT2D eigenvalue weighted by Crippen LogP contribution is -2.33. The van der Waals surface area contributed by atoms with Crippen molar-refractivity contribution in [1.29, 1.82) is 0 Å². The number of fused-ring (bicyclic) bond motifs is 1. The van der Waals surface area contributed by atoms with Gasteiger partial charge in [0.25, 0.3) is 0 Å². The highest BCUT2D eigenvalue weighted by Crippen LogP contribution is 2.46. The van der Waals surface area contributed by atoms with Crippen LogP contribution < -0.4 is 14.2 Å². The highest BCUT2D eigenvalue weighted by Gasteiger charge is 2.34. The van der Waals surface area contributed by atoms with Crippen LogP contribution in [0.4, 0.5) is 0 Å². The van der Waals surface area contributed by atoms with Gasteiger partial charge in [-0.1, -0.05) is 12.1 Å². The minimum absolute atomic E-state index is 0.419. The Morgan fingerprint density at radius 1 is 0.870 bits per heavy atom. The number of rotatable bonds is 3. The Hall–Kier alpha value is -2.42. The fourth-order valence-electron chi connectivity index (χ4n) is 3.26. The van der Waals surface area contributed by atoms with E-state index >= 15 is 0 Å². The Labute approximate surface area is 137 Å². The van der Waals surface area contributed by atoms with Gasteiger partial charge >= 0.3 is 0 Å². The normalized spacial score (nSPS) is 15.7. The molecule has 3 nitrogen and oxygen atoms in total. The summed E-state index contributed by atoms with van der Waals surface area (Å²) >= 11 is 0. The van der Waals surface area contributed by atoms with Crippen molar-refractivity contribution in [2.75, 3.05) is 14.2 Å². The van der Waals surface area contributed by atoms with E-state index < -0.39 is 5.60 Å². The molecule has 0 bridgehead atoms. The van der Waals surface area contributed by atoms with Gasteiger partial charge in [-0.25, -0.2) is 0 Å². The molecular formula is C20H22O3.